The number of hydrogen-bond acceptors (Lipinski definition) is 11. The van der Waals surface area contributed by atoms with Crippen molar-refractivity contribution in [2.24, 2.45) is 0 Å². The summed E-state index contributed by atoms with van der Waals surface area (Å²) < 4.78 is 59.6. The van der Waals surface area contributed by atoms with Crippen molar-refractivity contribution in [3.63, 3.8) is 0 Å². The summed E-state index contributed by atoms with van der Waals surface area (Å²) in [7, 11) is -5.07. The minimum Gasteiger partial charge on any atom is -0.457 e. The minimum absolute atomic E-state index is 0.0409. The van der Waals surface area contributed by atoms with E-state index in [1.54, 1.807) is 0 Å². The number of esters is 1. The molecule has 1 fully saturated rings. The quantitative estimate of drug-likeness (QED) is 0.0196. The predicted octanol–water partition coefficient (Wildman–Crippen LogP) is 16.7. The minimum atomic E-state index is -5.07. The molecule has 4 N–H and O–H groups in total. The Morgan fingerprint density at radius 2 is 0.868 bits per heavy atom. The summed E-state index contributed by atoms with van der Waals surface area (Å²) in [6, 6.07) is 0. The van der Waals surface area contributed by atoms with E-state index in [2.05, 4.69) is 42.3 Å². The van der Waals surface area contributed by atoms with Crippen LogP contribution in [0, 0.1) is 0 Å². The van der Waals surface area contributed by atoms with Gasteiger partial charge in [-0.1, -0.05) is 282 Å². The largest absolute Gasteiger partial charge is 0.457 e. The molecule has 1 aliphatic rings. The number of carbonyl (C=O) groups is 1. The van der Waals surface area contributed by atoms with E-state index in [9.17, 15) is 33.1 Å². The van der Waals surface area contributed by atoms with Crippen LogP contribution in [0.5, 0.6) is 0 Å². The zero-order chi connectivity index (χ0) is 55.3. The van der Waals surface area contributed by atoms with Crippen molar-refractivity contribution in [3.05, 3.63) is 24.3 Å². The molecular weight excluding hydrogens is 981 g/mol. The number of ether oxygens (including phenoxy) is 4. The van der Waals surface area contributed by atoms with Gasteiger partial charge in [0.05, 0.1) is 19.8 Å². The summed E-state index contributed by atoms with van der Waals surface area (Å²) in [5.74, 6) is -0.394. The Morgan fingerprint density at radius 3 is 1.25 bits per heavy atom. The van der Waals surface area contributed by atoms with Crippen molar-refractivity contribution in [1.82, 2.24) is 0 Å². The van der Waals surface area contributed by atoms with Crippen LogP contribution in [0.4, 0.5) is 0 Å². The van der Waals surface area contributed by atoms with Gasteiger partial charge in [0.25, 0.3) is 0 Å². The molecule has 1 rings (SSSR count). The van der Waals surface area contributed by atoms with E-state index >= 15 is 0 Å². The molecule has 12 nitrogen and oxygen atoms in total. The Hall–Kier alpha value is -1.42. The van der Waals surface area contributed by atoms with Crippen molar-refractivity contribution in [1.29, 1.82) is 0 Å². The van der Waals surface area contributed by atoms with Crippen molar-refractivity contribution in [2.45, 2.75) is 346 Å². The van der Waals surface area contributed by atoms with Gasteiger partial charge >= 0.3 is 16.4 Å². The molecule has 1 heterocycles. The zero-order valence-corrected chi connectivity index (χ0v) is 49.9. The molecule has 1 aliphatic heterocycles. The molecule has 0 spiro atoms. The first kappa shape index (κ1) is 72.6. The summed E-state index contributed by atoms with van der Waals surface area (Å²) in [6.45, 7) is 4.06. The van der Waals surface area contributed by atoms with Gasteiger partial charge in [-0.3, -0.25) is 9.35 Å². The summed E-state index contributed by atoms with van der Waals surface area (Å²) in [6.07, 6.45) is 58.0. The number of unbranched alkanes of at least 4 members (excludes halogenated alkanes) is 41. The first-order chi connectivity index (χ1) is 37.1. The summed E-state index contributed by atoms with van der Waals surface area (Å²) >= 11 is 0. The van der Waals surface area contributed by atoms with Crippen molar-refractivity contribution in [2.75, 3.05) is 26.4 Å². The molecule has 0 amide bonds. The second kappa shape index (κ2) is 54.2. The Bertz CT molecular complexity index is 1410. The second-order valence-electron chi connectivity index (χ2n) is 22.4. The van der Waals surface area contributed by atoms with Crippen LogP contribution in [0.25, 0.3) is 0 Å². The Labute approximate surface area is 467 Å². The third-order valence-corrected chi connectivity index (χ3v) is 15.5. The Kier molecular flexibility index (Phi) is 51.8. The molecule has 0 bridgehead atoms. The van der Waals surface area contributed by atoms with Crippen LogP contribution in [0.15, 0.2) is 24.3 Å². The van der Waals surface area contributed by atoms with Gasteiger partial charge in [0.2, 0.25) is 0 Å². The van der Waals surface area contributed by atoms with Crippen molar-refractivity contribution >= 4 is 16.4 Å². The van der Waals surface area contributed by atoms with E-state index < -0.39 is 59.8 Å². The van der Waals surface area contributed by atoms with Crippen molar-refractivity contribution < 1.29 is 56.2 Å². The van der Waals surface area contributed by atoms with Crippen LogP contribution >= 0.6 is 0 Å². The number of allylic oxidation sites excluding steroid dienone is 4. The van der Waals surface area contributed by atoms with E-state index in [-0.39, 0.29) is 19.6 Å². The third-order valence-electron chi connectivity index (χ3n) is 15.1. The van der Waals surface area contributed by atoms with E-state index in [0.29, 0.717) is 13.0 Å². The highest BCUT2D eigenvalue weighted by molar-refractivity contribution is 7.80. The number of hydrogen-bond donors (Lipinski definition) is 4. The van der Waals surface area contributed by atoms with E-state index in [1.807, 2.05) is 0 Å². The molecule has 0 aromatic rings. The fourth-order valence-corrected chi connectivity index (χ4v) is 10.7. The van der Waals surface area contributed by atoms with Crippen LogP contribution in [0.3, 0.4) is 0 Å². The molecular formula is C63H120O12S. The number of rotatable bonds is 58. The van der Waals surface area contributed by atoms with Gasteiger partial charge in [-0.25, -0.2) is 4.18 Å². The number of carbonyl (C=O) groups excluding carboxylic acids is 1. The average molecular weight is 1100 g/mol. The fraction of sp³-hybridized carbons (Fsp3) is 0.921. The molecule has 0 aliphatic carbocycles. The van der Waals surface area contributed by atoms with Gasteiger partial charge in [-0.05, 0) is 44.9 Å². The molecule has 0 aromatic carbocycles. The SMILES string of the molecule is CCCCCCC/C=C\C/C=C\CCCCCCCCCCCCCC(=O)OC(COCCCCCCCCCCCCCCCCCCCCCCCCCCCC)COC1OC(CO)C(O)C(OS(=O)(=O)O)C1O. The van der Waals surface area contributed by atoms with Gasteiger partial charge < -0.3 is 34.3 Å². The van der Waals surface area contributed by atoms with Crippen LogP contribution in [-0.2, 0) is 38.3 Å². The Balaban J connectivity index is 2.23. The molecule has 0 radical (unpaired) electrons. The first-order valence-electron chi connectivity index (χ1n) is 32.1. The maximum absolute atomic E-state index is 13.0. The number of aliphatic hydroxyl groups is 3. The maximum Gasteiger partial charge on any atom is 0.397 e. The van der Waals surface area contributed by atoms with E-state index in [1.165, 1.54) is 238 Å². The standard InChI is InChI=1S/C63H120O12S/c1-3-5-7-9-11-13-15-17-19-21-23-25-27-28-29-31-33-35-37-39-41-43-45-47-49-51-53-71-55-57(56-72-63-61(67)62(75-76(68,69)70)60(66)58(54-64)74-63)73-59(65)52-50-48-46-44-42-40-38-36-34-32-30-26-24-22-20-18-16-14-12-10-8-6-4-2/h16,18,22,24,57-58,60-64,66-67H,3-15,17,19-21,23,25-56H2,1-2H3,(H,68,69,70)/b18-16-,24-22-. The zero-order valence-electron chi connectivity index (χ0n) is 49.1. The van der Waals surface area contributed by atoms with Crippen LogP contribution in [0.1, 0.15) is 309 Å². The predicted molar refractivity (Wildman–Crippen MR) is 313 cm³/mol. The fourth-order valence-electron chi connectivity index (χ4n) is 10.2. The van der Waals surface area contributed by atoms with Gasteiger partial charge in [0, 0.05) is 13.0 Å². The van der Waals surface area contributed by atoms with E-state index in [0.717, 1.165) is 44.9 Å². The van der Waals surface area contributed by atoms with Gasteiger partial charge in [0.15, 0.2) is 6.29 Å². The molecule has 76 heavy (non-hydrogen) atoms. The lowest BCUT2D eigenvalue weighted by Gasteiger charge is -2.41. The summed E-state index contributed by atoms with van der Waals surface area (Å²) in [4.78, 5) is 13.0. The van der Waals surface area contributed by atoms with Crippen LogP contribution in [0.2, 0.25) is 0 Å². The van der Waals surface area contributed by atoms with Crippen molar-refractivity contribution in [3.8, 4) is 0 Å². The van der Waals surface area contributed by atoms with E-state index in [4.69, 9.17) is 18.9 Å². The second-order valence-corrected chi connectivity index (χ2v) is 23.4. The third kappa shape index (κ3) is 46.3. The smallest absolute Gasteiger partial charge is 0.397 e. The van der Waals surface area contributed by atoms with Gasteiger partial charge in [-0.2, -0.15) is 8.42 Å². The number of aliphatic hydroxyl groups excluding tert-OH is 3. The highest BCUT2D eigenvalue weighted by atomic mass is 32.3. The average Bonchev–Trinajstić information content (AvgIpc) is 3.40. The molecule has 6 atom stereocenters. The normalized spacial score (nSPS) is 18.6. The lowest BCUT2D eigenvalue weighted by molar-refractivity contribution is -0.301. The molecule has 450 valence electrons. The lowest BCUT2D eigenvalue weighted by Crippen LogP contribution is -2.60. The molecule has 1 saturated heterocycles. The summed E-state index contributed by atoms with van der Waals surface area (Å²) in [5, 5.41) is 30.9. The maximum atomic E-state index is 13.0. The van der Waals surface area contributed by atoms with Gasteiger partial charge in [-0.15, -0.1) is 0 Å². The highest BCUT2D eigenvalue weighted by Crippen LogP contribution is 2.26. The molecule has 6 unspecified atom stereocenters. The monoisotopic (exact) mass is 1100 g/mol. The Morgan fingerprint density at radius 1 is 0.500 bits per heavy atom. The molecule has 0 aromatic heterocycles. The van der Waals surface area contributed by atoms with Crippen LogP contribution in [-0.4, -0.2) is 97.5 Å². The molecule has 13 heteroatoms. The topological polar surface area (TPSA) is 178 Å². The van der Waals surface area contributed by atoms with Crippen LogP contribution < -0.4 is 0 Å². The highest BCUT2D eigenvalue weighted by Gasteiger charge is 2.48. The first-order valence-corrected chi connectivity index (χ1v) is 33.5. The summed E-state index contributed by atoms with van der Waals surface area (Å²) in [5.41, 5.74) is 0. The van der Waals surface area contributed by atoms with Gasteiger partial charge in [0.1, 0.15) is 30.5 Å². The molecule has 0 saturated carbocycles. The lowest BCUT2D eigenvalue weighted by atomic mass is 9.99.